The molecule has 4 fully saturated rings. The molecule has 130 heavy (non-hydrogen) atoms. The highest BCUT2D eigenvalue weighted by Crippen LogP contribution is 2.39. The van der Waals surface area contributed by atoms with Crippen LogP contribution < -0.4 is 21.7 Å². The van der Waals surface area contributed by atoms with Crippen molar-refractivity contribution in [2.75, 3.05) is 137 Å². The molecule has 0 spiro atoms. The molecule has 10 heterocycles. The van der Waals surface area contributed by atoms with Gasteiger partial charge < -0.3 is 104 Å². The number of hydrogen-bond acceptors (Lipinski definition) is 30. The number of amides is 4. The van der Waals surface area contributed by atoms with Crippen LogP contribution in [-0.2, 0) is 95.6 Å². The molecule has 15 atom stereocenters. The van der Waals surface area contributed by atoms with Gasteiger partial charge in [0.1, 0.15) is 59.7 Å². The van der Waals surface area contributed by atoms with Gasteiger partial charge in [0, 0.05) is 139 Å². The van der Waals surface area contributed by atoms with E-state index >= 15 is 0 Å². The largest absolute Gasteiger partial charge is 0.459 e. The van der Waals surface area contributed by atoms with Crippen molar-refractivity contribution in [1.29, 1.82) is 0 Å². The number of nitrogens with two attached hydrogens (primary N) is 2. The van der Waals surface area contributed by atoms with Crippen molar-refractivity contribution in [2.24, 2.45) is 35.3 Å². The van der Waals surface area contributed by atoms with Crippen LogP contribution in [0.5, 0.6) is 0 Å². The summed E-state index contributed by atoms with van der Waals surface area (Å²) in [4.78, 5) is 144. The van der Waals surface area contributed by atoms with E-state index in [2.05, 4.69) is 53.4 Å². The lowest BCUT2D eigenvalue weighted by atomic mass is 9.80. The number of aromatic nitrogens is 8. The molecule has 9 N–H and O–H groups in total. The first-order valence-corrected chi connectivity index (χ1v) is 45.6. The highest BCUT2D eigenvalue weighted by molar-refractivity contribution is 6.39. The van der Waals surface area contributed by atoms with E-state index in [0.29, 0.717) is 185 Å². The minimum atomic E-state index is -2.52. The van der Waals surface area contributed by atoms with Crippen molar-refractivity contribution in [3.8, 4) is 11.3 Å². The molecule has 6 aromatic rings. The summed E-state index contributed by atoms with van der Waals surface area (Å²) in [6.07, 6.45) is 15.7. The molecule has 5 aliphatic heterocycles. The molecule has 706 valence electrons. The van der Waals surface area contributed by atoms with Crippen molar-refractivity contribution in [3.05, 3.63) is 131 Å². The monoisotopic (exact) mass is 1800 g/mol. The number of nitrogens with one attached hydrogen (secondary N) is 2. The Kier molecular flexibility index (Phi) is 36.3. The maximum absolute atomic E-state index is 14.7. The first-order chi connectivity index (χ1) is 62.7. The molecule has 0 unspecified atom stereocenters. The number of esters is 1. The third kappa shape index (κ3) is 26.2. The number of methoxy groups -OCH3 is 2. The number of nitrogen functional groups attached to an aromatic ring is 1. The highest BCUT2D eigenvalue weighted by atomic mass is 16.6. The number of allylic oxidation sites excluding steroid dienone is 6. The number of piperidine rings is 1. The number of aromatic amines is 1. The molecule has 3 saturated heterocycles. The molecule has 5 aromatic heterocycles. The van der Waals surface area contributed by atoms with Crippen molar-refractivity contribution in [3.63, 3.8) is 0 Å². The number of H-pyrrole nitrogens is 1. The van der Waals surface area contributed by atoms with Crippen molar-refractivity contribution < 1.29 is 101 Å². The number of hydrogen-bond donors (Lipinski definition) is 7. The van der Waals surface area contributed by atoms with Crippen LogP contribution >= 0.6 is 0 Å². The van der Waals surface area contributed by atoms with Gasteiger partial charge in [-0.25, -0.2) is 39.2 Å². The number of fused-ring (bicyclic) bond motifs is 6. The van der Waals surface area contributed by atoms with Gasteiger partial charge in [-0.1, -0.05) is 82.4 Å². The summed E-state index contributed by atoms with van der Waals surface area (Å²) in [5, 5.41) is 44.1. The fraction of sp³-hybridized carbons (Fsp3) is 0.596. The standard InChI is InChI=1S/C94H129N15O21/c1-58-14-10-9-11-15-59(2)76(121-7)50-71-21-17-63(6)94(120,130-71)85(115)90(117)108-28-13-12-16-73(108)91(118)128-77(51-74(110)60(3)45-62(5)83(113)84(114)82(112)61(4)44-58)72(95)47-64-19-22-75(78(48-64)122-8)129-93(119)106-32-30-105(31-33-106)92-100-53-70(54-101-92)89(116)98-27-35-124-37-39-126-41-43-127-42-40-125-38-36-123-34-25-79(111)107-29-24-66-46-65(18-20-68(66)56-107)55-109-88-80(86(96)102-57-103-88)81(104-109)69-49-67-23-26-97-87(67)99-52-69/h9-11,14-15,18,20,23,26,45-46,49,52-54,57-58,60-61,63-64,71-73,75-78,83-84,113-114,120H,12-13,16-17,19,21-22,24-25,27-44,47-48,50-51,55-56,95H2,1-8H3,(H,97,99)(H,98,116)(H2,96,102,103)/b11-9?,14-10+,59-15?,62-45+/t58-,60-,61-,63-,64+,71+,72-,73+,75-,76+,77+,78-,83-,84+,94-/m1/s1. The zero-order valence-corrected chi connectivity index (χ0v) is 75.9. The third-order valence-corrected chi connectivity index (χ3v) is 25.6. The molecule has 12 rings (SSSR count). The van der Waals surface area contributed by atoms with Gasteiger partial charge in [-0.05, 0) is 136 Å². The molecule has 1 aromatic carbocycles. The number of aliphatic hydroxyl groups is 3. The summed E-state index contributed by atoms with van der Waals surface area (Å²) in [6, 6.07) is 8.04. The zero-order valence-electron chi connectivity index (χ0n) is 75.9. The maximum Gasteiger partial charge on any atom is 0.410 e. The minimum absolute atomic E-state index is 0.00888. The number of rotatable bonds is 29. The van der Waals surface area contributed by atoms with Crippen LogP contribution in [0, 0.1) is 29.6 Å². The third-order valence-electron chi connectivity index (χ3n) is 25.6. The van der Waals surface area contributed by atoms with Crippen LogP contribution in [0.4, 0.5) is 16.6 Å². The Hall–Kier alpha value is -10.2. The molecule has 36 heteroatoms. The van der Waals surface area contributed by atoms with Gasteiger partial charge in [0.2, 0.25) is 17.6 Å². The molecule has 0 radical (unpaired) electrons. The smallest absolute Gasteiger partial charge is 0.410 e. The number of carbonyl (C=O) groups excluding carboxylic acids is 8. The summed E-state index contributed by atoms with van der Waals surface area (Å²) < 4.78 is 60.6. The van der Waals surface area contributed by atoms with Gasteiger partial charge >= 0.3 is 12.1 Å². The average molecular weight is 1810 g/mol. The number of nitrogens with zero attached hydrogens (tertiary/aromatic N) is 11. The fourth-order valence-corrected chi connectivity index (χ4v) is 17.8. The Balaban J connectivity index is 0.517. The number of carbonyl (C=O) groups is 8. The van der Waals surface area contributed by atoms with Crippen molar-refractivity contribution >= 4 is 81.0 Å². The second-order valence-electron chi connectivity index (χ2n) is 35.0. The first kappa shape index (κ1) is 98.8. The second kappa shape index (κ2) is 47.7. The molecule has 36 nitrogen and oxygen atoms in total. The number of benzene rings is 1. The van der Waals surface area contributed by atoms with E-state index in [4.69, 9.17) is 63.9 Å². The van der Waals surface area contributed by atoms with Gasteiger partial charge in [0.15, 0.2) is 11.4 Å². The predicted octanol–water partition coefficient (Wildman–Crippen LogP) is 7.08. The van der Waals surface area contributed by atoms with Crippen molar-refractivity contribution in [1.82, 2.24) is 59.7 Å². The van der Waals surface area contributed by atoms with Crippen LogP contribution in [0.1, 0.15) is 152 Å². The van der Waals surface area contributed by atoms with E-state index in [1.807, 2.05) is 77.0 Å². The molecule has 1 aliphatic carbocycles. The van der Waals surface area contributed by atoms with E-state index in [0.717, 1.165) is 44.6 Å². The van der Waals surface area contributed by atoms with E-state index in [1.165, 1.54) is 44.4 Å². The van der Waals surface area contributed by atoms with Crippen LogP contribution in [0.25, 0.3) is 33.3 Å². The van der Waals surface area contributed by atoms with E-state index in [1.54, 1.807) is 39.0 Å². The lowest BCUT2D eigenvalue weighted by Crippen LogP contribution is -2.61. The van der Waals surface area contributed by atoms with Crippen molar-refractivity contribution in [2.45, 2.75) is 205 Å². The molecular formula is C94H129N15O21. The van der Waals surface area contributed by atoms with E-state index < -0.39 is 120 Å². The summed E-state index contributed by atoms with van der Waals surface area (Å²) in [5.41, 5.74) is 21.0. The molecule has 4 amide bonds. The molecule has 6 aliphatic rings. The Labute approximate surface area is 757 Å². The average Bonchev–Trinajstić information content (AvgIpc) is 1.59. The normalized spacial score (nSPS) is 26.7. The topological polar surface area (TPSA) is 465 Å². The first-order valence-electron chi connectivity index (χ1n) is 45.6. The zero-order chi connectivity index (χ0) is 92.5. The Morgan fingerprint density at radius 2 is 1.45 bits per heavy atom. The van der Waals surface area contributed by atoms with Crippen LogP contribution in [-0.4, -0.2) is 304 Å². The quantitative estimate of drug-likeness (QED) is 0.0107. The molecule has 1 saturated carbocycles. The van der Waals surface area contributed by atoms with Gasteiger partial charge in [-0.15, -0.1) is 0 Å². The SMILES string of the molecule is CO[C@H]1C[C@@H]2CC[C@@H](C)[C@@](O)(O2)C(=O)C(=O)N2CCCC[C@H]2C(=O)O[C@H]([C@H](N)C[C@@H]2CC[C@@H](OC(=O)N3CCN(c4ncc(C(=O)NCCOCCOCCOCCOCCOCCC(=O)N5CCc6cc(Cn7nc(-c8cnc9[nH]ccc9c8)c8c(N)ncnc87)ccc6C5)cn4)CC3)[C@H](OC)C2)CC(=O)[C@H](C)/C=C(\C)[C@@H](O)[C@@H](O)C(=O)[C@H](C)C[C@H](C)/C=C/C=CC=C1C. The van der Waals surface area contributed by atoms with Gasteiger partial charge in [-0.3, -0.25) is 28.8 Å². The van der Waals surface area contributed by atoms with Crippen LogP contribution in [0.3, 0.4) is 0 Å². The minimum Gasteiger partial charge on any atom is -0.459 e. The van der Waals surface area contributed by atoms with Gasteiger partial charge in [-0.2, -0.15) is 5.10 Å². The lowest BCUT2D eigenvalue weighted by molar-refractivity contribution is -0.265. The number of pyridine rings is 1. The highest BCUT2D eigenvalue weighted by Gasteiger charge is 2.53. The number of piperazine rings is 1. The van der Waals surface area contributed by atoms with Gasteiger partial charge in [0.05, 0.1) is 108 Å². The van der Waals surface area contributed by atoms with Crippen LogP contribution in [0.2, 0.25) is 0 Å². The number of aliphatic hydroxyl groups excluding tert-OH is 2. The summed E-state index contributed by atoms with van der Waals surface area (Å²) in [7, 11) is 3.07. The molecule has 2 bridgehead atoms. The number of ether oxygens (including phenoxy) is 10. The maximum atomic E-state index is 14.7. The lowest BCUT2D eigenvalue weighted by Gasteiger charge is -2.42. The Morgan fingerprint density at radius 3 is 2.17 bits per heavy atom. The Morgan fingerprint density at radius 1 is 0.723 bits per heavy atom. The summed E-state index contributed by atoms with van der Waals surface area (Å²) in [6.45, 7) is 16.8. The number of anilines is 2. The van der Waals surface area contributed by atoms with E-state index in [9.17, 15) is 53.7 Å². The van der Waals surface area contributed by atoms with E-state index in [-0.39, 0.29) is 80.2 Å². The van der Waals surface area contributed by atoms with Crippen LogP contribution in [0.15, 0.2) is 109 Å². The summed E-state index contributed by atoms with van der Waals surface area (Å²) >= 11 is 0. The number of cyclic esters (lactones) is 1. The predicted molar refractivity (Wildman–Crippen MR) is 480 cm³/mol. The fourth-order valence-electron chi connectivity index (χ4n) is 17.8. The number of ketones is 3. The second-order valence-corrected chi connectivity index (χ2v) is 35.0. The summed E-state index contributed by atoms with van der Waals surface area (Å²) in [5.74, 6) is -8.98. The molecular weight excluding hydrogens is 1680 g/mol. The Bertz CT molecular complexity index is 4960. The van der Waals surface area contributed by atoms with Gasteiger partial charge in [0.25, 0.3) is 17.6 Å². The number of Topliss-reactive ketones (excluding diaryl/α,β-unsaturated/α-hetero) is 3.